The van der Waals surface area contributed by atoms with E-state index in [1.807, 2.05) is 24.4 Å². The maximum atomic E-state index is 13.0. The van der Waals surface area contributed by atoms with E-state index in [4.69, 9.17) is 11.6 Å². The van der Waals surface area contributed by atoms with Gasteiger partial charge in [0.25, 0.3) is 0 Å². The first-order chi connectivity index (χ1) is 12.1. The summed E-state index contributed by atoms with van der Waals surface area (Å²) in [5.74, 6) is -0.294. The van der Waals surface area contributed by atoms with Crippen LogP contribution < -0.4 is 5.32 Å². The molecule has 0 radical (unpaired) electrons. The number of nitriles is 1. The van der Waals surface area contributed by atoms with Crippen LogP contribution in [0.3, 0.4) is 0 Å². The number of aromatic nitrogens is 1. The van der Waals surface area contributed by atoms with E-state index in [0.29, 0.717) is 21.3 Å². The lowest BCUT2D eigenvalue weighted by Crippen LogP contribution is -1.93. The van der Waals surface area contributed by atoms with Gasteiger partial charge in [0.1, 0.15) is 22.5 Å². The molecule has 0 fully saturated rings. The zero-order valence-corrected chi connectivity index (χ0v) is 14.8. The lowest BCUT2D eigenvalue weighted by molar-refractivity contribution is 0.628. The van der Waals surface area contributed by atoms with E-state index in [9.17, 15) is 9.65 Å². The van der Waals surface area contributed by atoms with Gasteiger partial charge in [-0.3, -0.25) is 0 Å². The summed E-state index contributed by atoms with van der Waals surface area (Å²) < 4.78 is 13.0. The first kappa shape index (κ1) is 17.2. The van der Waals surface area contributed by atoms with E-state index >= 15 is 0 Å². The fourth-order valence-electron chi connectivity index (χ4n) is 2.19. The number of anilines is 1. The van der Waals surface area contributed by atoms with Crippen molar-refractivity contribution in [2.75, 3.05) is 5.32 Å². The molecule has 0 bridgehead atoms. The Kier molecular flexibility index (Phi) is 5.13. The molecule has 0 saturated heterocycles. The van der Waals surface area contributed by atoms with Gasteiger partial charge in [0.2, 0.25) is 0 Å². The molecule has 124 valence electrons. The van der Waals surface area contributed by atoms with Gasteiger partial charge in [-0.25, -0.2) is 9.37 Å². The standard InChI is InChI=1S/C19H13ClFN3S/c1-12-2-5-15(20)8-17(12)23-10-14(9-22)19-24-18(11-25-19)13-3-6-16(21)7-4-13/h2-8,10-11,23H,1H3. The summed E-state index contributed by atoms with van der Waals surface area (Å²) in [4.78, 5) is 4.47. The number of nitrogens with one attached hydrogen (secondary N) is 1. The molecule has 0 aliphatic carbocycles. The molecule has 3 aromatic rings. The Morgan fingerprint density at radius 2 is 2.04 bits per heavy atom. The second-order valence-corrected chi connectivity index (χ2v) is 6.61. The van der Waals surface area contributed by atoms with E-state index in [0.717, 1.165) is 16.8 Å². The normalized spacial score (nSPS) is 11.2. The van der Waals surface area contributed by atoms with Crippen molar-refractivity contribution in [1.82, 2.24) is 4.98 Å². The van der Waals surface area contributed by atoms with Gasteiger partial charge in [0.05, 0.1) is 5.69 Å². The number of rotatable bonds is 4. The van der Waals surface area contributed by atoms with Gasteiger partial charge < -0.3 is 5.32 Å². The minimum Gasteiger partial charge on any atom is -0.360 e. The SMILES string of the molecule is Cc1ccc(Cl)cc1NC=C(C#N)c1nc(-c2ccc(F)cc2)cs1. The van der Waals surface area contributed by atoms with Crippen LogP contribution in [0.15, 0.2) is 54.0 Å². The van der Waals surface area contributed by atoms with Crippen molar-refractivity contribution in [3.8, 4) is 17.3 Å². The summed E-state index contributed by atoms with van der Waals surface area (Å²) >= 11 is 7.36. The first-order valence-electron chi connectivity index (χ1n) is 7.41. The Hall–Kier alpha value is -2.68. The average Bonchev–Trinajstić information content (AvgIpc) is 3.09. The van der Waals surface area contributed by atoms with Gasteiger partial charge in [-0.05, 0) is 48.9 Å². The molecule has 3 rings (SSSR count). The Bertz CT molecular complexity index is 971. The Morgan fingerprint density at radius 3 is 2.76 bits per heavy atom. The first-order valence-corrected chi connectivity index (χ1v) is 8.67. The van der Waals surface area contributed by atoms with Gasteiger partial charge >= 0.3 is 0 Å². The largest absolute Gasteiger partial charge is 0.360 e. The van der Waals surface area contributed by atoms with Crippen LogP contribution in [0.25, 0.3) is 16.8 Å². The highest BCUT2D eigenvalue weighted by Gasteiger charge is 2.09. The fourth-order valence-corrected chi connectivity index (χ4v) is 3.16. The Labute approximate surface area is 154 Å². The molecule has 0 unspecified atom stereocenters. The molecule has 1 heterocycles. The van der Waals surface area contributed by atoms with Crippen molar-refractivity contribution in [1.29, 1.82) is 5.26 Å². The third-order valence-corrected chi connectivity index (χ3v) is 4.68. The van der Waals surface area contributed by atoms with Crippen molar-refractivity contribution < 1.29 is 4.39 Å². The van der Waals surface area contributed by atoms with Gasteiger partial charge in [-0.1, -0.05) is 17.7 Å². The monoisotopic (exact) mass is 369 g/mol. The average molecular weight is 370 g/mol. The van der Waals surface area contributed by atoms with E-state index in [-0.39, 0.29) is 5.82 Å². The van der Waals surface area contributed by atoms with Crippen molar-refractivity contribution in [2.24, 2.45) is 0 Å². The maximum absolute atomic E-state index is 13.0. The van der Waals surface area contributed by atoms with Crippen LogP contribution >= 0.6 is 22.9 Å². The number of thiazole rings is 1. The van der Waals surface area contributed by atoms with Crippen LogP contribution in [0.5, 0.6) is 0 Å². The second-order valence-electron chi connectivity index (χ2n) is 5.32. The van der Waals surface area contributed by atoms with Crippen molar-refractivity contribution in [3.05, 3.63) is 75.5 Å². The van der Waals surface area contributed by atoms with Gasteiger partial charge in [0, 0.05) is 27.9 Å². The molecular formula is C19H13ClFN3S. The molecule has 0 aliphatic rings. The summed E-state index contributed by atoms with van der Waals surface area (Å²) in [5.41, 5.74) is 3.78. The fraction of sp³-hybridized carbons (Fsp3) is 0.0526. The molecule has 1 N–H and O–H groups in total. The van der Waals surface area contributed by atoms with Crippen LogP contribution in [0.1, 0.15) is 10.6 Å². The lowest BCUT2D eigenvalue weighted by Gasteiger charge is -2.06. The van der Waals surface area contributed by atoms with Crippen LogP contribution in [0.2, 0.25) is 5.02 Å². The highest BCUT2D eigenvalue weighted by Crippen LogP contribution is 2.27. The molecule has 2 aromatic carbocycles. The molecule has 0 saturated carbocycles. The van der Waals surface area contributed by atoms with Crippen LogP contribution in [-0.2, 0) is 0 Å². The molecule has 0 atom stereocenters. The van der Waals surface area contributed by atoms with Crippen LogP contribution in [-0.4, -0.2) is 4.98 Å². The van der Waals surface area contributed by atoms with Crippen molar-refractivity contribution in [2.45, 2.75) is 6.92 Å². The number of allylic oxidation sites excluding steroid dienone is 1. The summed E-state index contributed by atoms with van der Waals surface area (Å²) in [7, 11) is 0. The van der Waals surface area contributed by atoms with E-state index in [1.165, 1.54) is 23.5 Å². The lowest BCUT2D eigenvalue weighted by atomic mass is 10.2. The summed E-state index contributed by atoms with van der Waals surface area (Å²) in [5, 5.41) is 15.6. The minimum absolute atomic E-state index is 0.294. The highest BCUT2D eigenvalue weighted by atomic mass is 35.5. The molecule has 3 nitrogen and oxygen atoms in total. The predicted octanol–water partition coefficient (Wildman–Crippen LogP) is 5.89. The third kappa shape index (κ3) is 4.05. The summed E-state index contributed by atoms with van der Waals surface area (Å²) in [6.45, 7) is 1.95. The zero-order valence-electron chi connectivity index (χ0n) is 13.3. The number of hydrogen-bond acceptors (Lipinski definition) is 4. The van der Waals surface area contributed by atoms with Crippen molar-refractivity contribution in [3.63, 3.8) is 0 Å². The smallest absolute Gasteiger partial charge is 0.136 e. The third-order valence-electron chi connectivity index (χ3n) is 3.57. The predicted molar refractivity (Wildman–Crippen MR) is 101 cm³/mol. The van der Waals surface area contributed by atoms with Crippen molar-refractivity contribution >= 4 is 34.2 Å². The molecule has 25 heavy (non-hydrogen) atoms. The summed E-state index contributed by atoms with van der Waals surface area (Å²) in [6, 6.07) is 13.8. The number of hydrogen-bond donors (Lipinski definition) is 1. The highest BCUT2D eigenvalue weighted by molar-refractivity contribution is 7.11. The minimum atomic E-state index is -0.294. The second kappa shape index (κ2) is 7.47. The number of benzene rings is 2. The van der Waals surface area contributed by atoms with Crippen LogP contribution in [0.4, 0.5) is 10.1 Å². The molecule has 0 amide bonds. The quantitative estimate of drug-likeness (QED) is 0.583. The van der Waals surface area contributed by atoms with E-state index in [1.54, 1.807) is 24.4 Å². The number of nitrogens with zero attached hydrogens (tertiary/aromatic N) is 2. The van der Waals surface area contributed by atoms with Crippen LogP contribution in [0, 0.1) is 24.1 Å². The zero-order chi connectivity index (χ0) is 17.8. The van der Waals surface area contributed by atoms with E-state index < -0.39 is 0 Å². The molecule has 0 spiro atoms. The molecular weight excluding hydrogens is 357 g/mol. The van der Waals surface area contributed by atoms with E-state index in [2.05, 4.69) is 16.4 Å². The molecule has 0 aliphatic heterocycles. The van der Waals surface area contributed by atoms with Gasteiger partial charge in [-0.15, -0.1) is 11.3 Å². The topological polar surface area (TPSA) is 48.7 Å². The van der Waals surface area contributed by atoms with Gasteiger partial charge in [0.15, 0.2) is 0 Å². The molecule has 1 aromatic heterocycles. The Balaban J connectivity index is 1.85. The number of aryl methyl sites for hydroxylation is 1. The van der Waals surface area contributed by atoms with Gasteiger partial charge in [-0.2, -0.15) is 5.26 Å². The maximum Gasteiger partial charge on any atom is 0.136 e. The Morgan fingerprint density at radius 1 is 1.28 bits per heavy atom. The molecule has 6 heteroatoms. The summed E-state index contributed by atoms with van der Waals surface area (Å²) in [6.07, 6.45) is 1.62. The number of halogens is 2.